The van der Waals surface area contributed by atoms with Gasteiger partial charge in [0.2, 0.25) is 5.91 Å². The highest BCUT2D eigenvalue weighted by atomic mass is 35.5. The standard InChI is InChI=1S/C14H18ClFN2O2/c1-9(19)10-4-5-18(7-10)8-14(20)17-13-3-2-11(15)6-12(13)16/h2-3,6,9-10,19H,4-5,7-8H2,1H3,(H,17,20). The monoisotopic (exact) mass is 300 g/mol. The Bertz CT molecular complexity index is 496. The van der Waals surface area contributed by atoms with E-state index in [1.54, 1.807) is 6.92 Å². The summed E-state index contributed by atoms with van der Waals surface area (Å²) in [5.41, 5.74) is 0.130. The largest absolute Gasteiger partial charge is 0.393 e. The van der Waals surface area contributed by atoms with Gasteiger partial charge in [0, 0.05) is 11.6 Å². The number of aliphatic hydroxyl groups is 1. The fourth-order valence-electron chi connectivity index (χ4n) is 2.38. The number of benzene rings is 1. The highest BCUT2D eigenvalue weighted by molar-refractivity contribution is 6.30. The molecular formula is C14H18ClFN2O2. The van der Waals surface area contributed by atoms with Crippen molar-refractivity contribution in [2.75, 3.05) is 25.0 Å². The summed E-state index contributed by atoms with van der Waals surface area (Å²) in [6, 6.07) is 4.13. The van der Waals surface area contributed by atoms with Crippen LogP contribution in [0.4, 0.5) is 10.1 Å². The summed E-state index contributed by atoms with van der Waals surface area (Å²) in [5, 5.41) is 12.3. The number of amides is 1. The van der Waals surface area contributed by atoms with E-state index in [1.165, 1.54) is 12.1 Å². The number of rotatable bonds is 4. The first kappa shape index (κ1) is 15.2. The van der Waals surface area contributed by atoms with E-state index in [0.29, 0.717) is 11.6 Å². The summed E-state index contributed by atoms with van der Waals surface area (Å²) >= 11 is 5.65. The molecule has 1 aliphatic heterocycles. The summed E-state index contributed by atoms with van der Waals surface area (Å²) in [4.78, 5) is 13.8. The Kier molecular flexibility index (Phi) is 4.96. The number of anilines is 1. The third-order valence-electron chi connectivity index (χ3n) is 3.56. The second kappa shape index (κ2) is 6.52. The van der Waals surface area contributed by atoms with Gasteiger partial charge in [-0.05, 0) is 44.0 Å². The van der Waals surface area contributed by atoms with Crippen molar-refractivity contribution in [3.8, 4) is 0 Å². The molecule has 1 aromatic rings. The number of aliphatic hydroxyl groups excluding tert-OH is 1. The normalized spacial score (nSPS) is 20.9. The molecule has 0 bridgehead atoms. The van der Waals surface area contributed by atoms with E-state index in [1.807, 2.05) is 4.90 Å². The molecule has 0 saturated carbocycles. The minimum absolute atomic E-state index is 0.130. The molecule has 20 heavy (non-hydrogen) atoms. The van der Waals surface area contributed by atoms with Gasteiger partial charge in [0.15, 0.2) is 0 Å². The Morgan fingerprint density at radius 1 is 1.65 bits per heavy atom. The van der Waals surface area contributed by atoms with Crippen molar-refractivity contribution in [2.45, 2.75) is 19.4 Å². The molecule has 1 aromatic carbocycles. The fraction of sp³-hybridized carbons (Fsp3) is 0.500. The second-order valence-electron chi connectivity index (χ2n) is 5.20. The van der Waals surface area contributed by atoms with Crippen LogP contribution in [0.3, 0.4) is 0 Å². The van der Waals surface area contributed by atoms with Crippen molar-refractivity contribution < 1.29 is 14.3 Å². The third kappa shape index (κ3) is 3.91. The Balaban J connectivity index is 1.87. The van der Waals surface area contributed by atoms with Crippen molar-refractivity contribution in [2.24, 2.45) is 5.92 Å². The van der Waals surface area contributed by atoms with Gasteiger partial charge < -0.3 is 10.4 Å². The summed E-state index contributed by atoms with van der Waals surface area (Å²) in [7, 11) is 0. The van der Waals surface area contributed by atoms with E-state index in [2.05, 4.69) is 5.32 Å². The van der Waals surface area contributed by atoms with Crippen LogP contribution in [-0.4, -0.2) is 41.7 Å². The van der Waals surface area contributed by atoms with Gasteiger partial charge in [0.25, 0.3) is 0 Å². The molecule has 0 radical (unpaired) electrons. The molecule has 0 aromatic heterocycles. The maximum atomic E-state index is 13.5. The van der Waals surface area contributed by atoms with Crippen molar-refractivity contribution in [3.63, 3.8) is 0 Å². The Morgan fingerprint density at radius 3 is 3.00 bits per heavy atom. The number of carbonyl (C=O) groups is 1. The SMILES string of the molecule is CC(O)C1CCN(CC(=O)Nc2ccc(Cl)cc2F)C1. The maximum absolute atomic E-state index is 13.5. The smallest absolute Gasteiger partial charge is 0.238 e. The van der Waals surface area contributed by atoms with Crippen LogP contribution in [0.25, 0.3) is 0 Å². The van der Waals surface area contributed by atoms with Crippen LogP contribution in [0.1, 0.15) is 13.3 Å². The molecule has 1 amide bonds. The first-order valence-corrected chi connectivity index (χ1v) is 6.99. The minimum Gasteiger partial charge on any atom is -0.393 e. The summed E-state index contributed by atoms with van der Waals surface area (Å²) < 4.78 is 13.5. The molecule has 6 heteroatoms. The number of hydrogen-bond donors (Lipinski definition) is 2. The molecule has 4 nitrogen and oxygen atoms in total. The number of carbonyl (C=O) groups excluding carboxylic acids is 1. The molecule has 2 unspecified atom stereocenters. The van der Waals surface area contributed by atoms with Gasteiger partial charge in [0.1, 0.15) is 5.82 Å². The molecule has 110 valence electrons. The number of nitrogens with zero attached hydrogens (tertiary/aromatic N) is 1. The predicted octanol–water partition coefficient (Wildman–Crippen LogP) is 2.12. The molecule has 1 aliphatic rings. The van der Waals surface area contributed by atoms with Crippen LogP contribution in [0.15, 0.2) is 18.2 Å². The van der Waals surface area contributed by atoms with Crippen LogP contribution in [0, 0.1) is 11.7 Å². The molecule has 2 N–H and O–H groups in total. The van der Waals surface area contributed by atoms with Crippen molar-refractivity contribution >= 4 is 23.2 Å². The van der Waals surface area contributed by atoms with Gasteiger partial charge >= 0.3 is 0 Å². The first-order chi connectivity index (χ1) is 9.45. The maximum Gasteiger partial charge on any atom is 0.238 e. The van der Waals surface area contributed by atoms with Crippen LogP contribution in [0.5, 0.6) is 0 Å². The highest BCUT2D eigenvalue weighted by Gasteiger charge is 2.27. The molecule has 1 fully saturated rings. The topological polar surface area (TPSA) is 52.6 Å². The lowest BCUT2D eigenvalue weighted by Crippen LogP contribution is -2.32. The summed E-state index contributed by atoms with van der Waals surface area (Å²) in [6.07, 6.45) is 0.511. The quantitative estimate of drug-likeness (QED) is 0.895. The van der Waals surface area contributed by atoms with E-state index in [-0.39, 0.29) is 30.2 Å². The van der Waals surface area contributed by atoms with Crippen molar-refractivity contribution in [3.05, 3.63) is 29.0 Å². The summed E-state index contributed by atoms with van der Waals surface area (Å²) in [6.45, 7) is 3.42. The predicted molar refractivity (Wildman–Crippen MR) is 76.3 cm³/mol. The highest BCUT2D eigenvalue weighted by Crippen LogP contribution is 2.21. The van der Waals surface area contributed by atoms with Crippen molar-refractivity contribution in [1.29, 1.82) is 0 Å². The van der Waals surface area contributed by atoms with Gasteiger partial charge in [0.05, 0.1) is 18.3 Å². The molecule has 1 saturated heterocycles. The Morgan fingerprint density at radius 2 is 2.40 bits per heavy atom. The third-order valence-corrected chi connectivity index (χ3v) is 3.80. The number of nitrogens with one attached hydrogen (secondary N) is 1. The lowest BCUT2D eigenvalue weighted by Gasteiger charge is -2.17. The lowest BCUT2D eigenvalue weighted by molar-refractivity contribution is -0.117. The molecular weight excluding hydrogens is 283 g/mol. The molecule has 0 aliphatic carbocycles. The van der Waals surface area contributed by atoms with Crippen LogP contribution < -0.4 is 5.32 Å². The minimum atomic E-state index is -0.547. The average Bonchev–Trinajstić information content (AvgIpc) is 2.81. The van der Waals surface area contributed by atoms with Gasteiger partial charge in [-0.2, -0.15) is 0 Å². The van der Waals surface area contributed by atoms with Crippen LogP contribution in [0.2, 0.25) is 5.02 Å². The molecule has 1 heterocycles. The number of likely N-dealkylation sites (tertiary alicyclic amines) is 1. The fourth-order valence-corrected chi connectivity index (χ4v) is 2.54. The molecule has 0 spiro atoms. The Labute approximate surface area is 122 Å². The van der Waals surface area contributed by atoms with Crippen molar-refractivity contribution in [1.82, 2.24) is 4.90 Å². The zero-order valence-corrected chi connectivity index (χ0v) is 12.0. The number of hydrogen-bond acceptors (Lipinski definition) is 3. The Hall–Kier alpha value is -1.17. The van der Waals surface area contributed by atoms with Crippen LogP contribution in [-0.2, 0) is 4.79 Å². The number of halogens is 2. The van der Waals surface area contributed by atoms with Gasteiger partial charge in [-0.3, -0.25) is 9.69 Å². The van der Waals surface area contributed by atoms with E-state index in [4.69, 9.17) is 11.6 Å². The molecule has 2 atom stereocenters. The van der Waals surface area contributed by atoms with E-state index >= 15 is 0 Å². The van der Waals surface area contributed by atoms with Gasteiger partial charge in [-0.1, -0.05) is 11.6 Å². The average molecular weight is 301 g/mol. The van der Waals surface area contributed by atoms with Crippen LogP contribution >= 0.6 is 11.6 Å². The summed E-state index contributed by atoms with van der Waals surface area (Å²) in [5.74, 6) is -0.610. The lowest BCUT2D eigenvalue weighted by atomic mass is 10.0. The van der Waals surface area contributed by atoms with Gasteiger partial charge in [-0.15, -0.1) is 0 Å². The zero-order chi connectivity index (χ0) is 14.7. The second-order valence-corrected chi connectivity index (χ2v) is 5.63. The van der Waals surface area contributed by atoms with E-state index < -0.39 is 5.82 Å². The zero-order valence-electron chi connectivity index (χ0n) is 11.3. The van der Waals surface area contributed by atoms with E-state index in [9.17, 15) is 14.3 Å². The van der Waals surface area contributed by atoms with Gasteiger partial charge in [-0.25, -0.2) is 4.39 Å². The molecule has 2 rings (SSSR count). The van der Waals surface area contributed by atoms with E-state index in [0.717, 1.165) is 19.0 Å². The first-order valence-electron chi connectivity index (χ1n) is 6.61.